The lowest BCUT2D eigenvalue weighted by Gasteiger charge is -2.12. The van der Waals surface area contributed by atoms with E-state index in [-0.39, 0.29) is 11.7 Å². The summed E-state index contributed by atoms with van der Waals surface area (Å²) in [6, 6.07) is 14.2. The predicted molar refractivity (Wildman–Crippen MR) is 118 cm³/mol. The first-order valence-corrected chi connectivity index (χ1v) is 10.1. The molecule has 0 aliphatic rings. The highest BCUT2D eigenvalue weighted by atomic mass is 16.5. The van der Waals surface area contributed by atoms with Gasteiger partial charge in [0.1, 0.15) is 17.3 Å². The van der Waals surface area contributed by atoms with Gasteiger partial charge in [0.25, 0.3) is 5.91 Å². The molecule has 0 aliphatic heterocycles. The summed E-state index contributed by atoms with van der Waals surface area (Å²) in [5.41, 5.74) is 1.49. The van der Waals surface area contributed by atoms with E-state index in [9.17, 15) is 4.79 Å². The molecule has 7 nitrogen and oxygen atoms in total. The first-order valence-electron chi connectivity index (χ1n) is 10.1. The van der Waals surface area contributed by atoms with Crippen LogP contribution >= 0.6 is 0 Å². The van der Waals surface area contributed by atoms with Crippen molar-refractivity contribution in [3.8, 4) is 23.0 Å². The lowest BCUT2D eigenvalue weighted by molar-refractivity contribution is 0.0995. The van der Waals surface area contributed by atoms with Crippen molar-refractivity contribution in [2.75, 3.05) is 32.8 Å². The number of ether oxygens (including phenoxy) is 4. The number of benzene rings is 2. The Labute approximate surface area is 181 Å². The van der Waals surface area contributed by atoms with Crippen LogP contribution in [0.5, 0.6) is 23.0 Å². The average molecular weight is 425 g/mol. The van der Waals surface area contributed by atoms with Crippen LogP contribution in [0.15, 0.2) is 52.9 Å². The van der Waals surface area contributed by atoms with E-state index in [0.717, 1.165) is 17.1 Å². The van der Waals surface area contributed by atoms with Crippen LogP contribution in [0.1, 0.15) is 35.7 Å². The van der Waals surface area contributed by atoms with Crippen LogP contribution in [0.25, 0.3) is 0 Å². The van der Waals surface area contributed by atoms with Crippen molar-refractivity contribution in [2.45, 2.75) is 20.3 Å². The Kier molecular flexibility index (Phi) is 7.43. The third-order valence-electron chi connectivity index (χ3n) is 4.54. The molecule has 0 aliphatic carbocycles. The maximum absolute atomic E-state index is 12.7. The monoisotopic (exact) mass is 425 g/mol. The van der Waals surface area contributed by atoms with Crippen molar-refractivity contribution in [3.63, 3.8) is 0 Å². The van der Waals surface area contributed by atoms with Crippen LogP contribution in [0.3, 0.4) is 0 Å². The summed E-state index contributed by atoms with van der Waals surface area (Å²) >= 11 is 0. The highest BCUT2D eigenvalue weighted by Gasteiger charge is 2.15. The molecular formula is C24H27NO6. The van der Waals surface area contributed by atoms with Gasteiger partial charge in [0.05, 0.1) is 27.4 Å². The molecular weight excluding hydrogens is 398 g/mol. The molecule has 1 amide bonds. The summed E-state index contributed by atoms with van der Waals surface area (Å²) in [7, 11) is 3.22. The average Bonchev–Trinajstić information content (AvgIpc) is 3.24. The molecule has 31 heavy (non-hydrogen) atoms. The normalized spacial score (nSPS) is 10.5. The second kappa shape index (κ2) is 10.4. The van der Waals surface area contributed by atoms with Gasteiger partial charge in [-0.2, -0.15) is 0 Å². The quantitative estimate of drug-likeness (QED) is 0.496. The van der Waals surface area contributed by atoms with Gasteiger partial charge in [-0.25, -0.2) is 0 Å². The van der Waals surface area contributed by atoms with Crippen molar-refractivity contribution in [1.82, 2.24) is 0 Å². The van der Waals surface area contributed by atoms with Gasteiger partial charge in [-0.3, -0.25) is 4.79 Å². The van der Waals surface area contributed by atoms with Crippen molar-refractivity contribution >= 4 is 11.6 Å². The van der Waals surface area contributed by atoms with Crippen LogP contribution in [0.2, 0.25) is 0 Å². The molecule has 1 heterocycles. The molecule has 0 saturated heterocycles. The maximum Gasteiger partial charge on any atom is 0.291 e. The van der Waals surface area contributed by atoms with E-state index in [1.807, 2.05) is 32.0 Å². The zero-order chi connectivity index (χ0) is 22.2. The number of anilines is 1. The first kappa shape index (κ1) is 22.1. The molecule has 3 rings (SSSR count). The van der Waals surface area contributed by atoms with Gasteiger partial charge in [-0.15, -0.1) is 0 Å². The predicted octanol–water partition coefficient (Wildman–Crippen LogP) is 4.94. The van der Waals surface area contributed by atoms with Crippen LogP contribution in [-0.2, 0) is 6.42 Å². The van der Waals surface area contributed by atoms with Gasteiger partial charge >= 0.3 is 0 Å². The molecule has 164 valence electrons. The van der Waals surface area contributed by atoms with Crippen molar-refractivity contribution in [3.05, 3.63) is 65.6 Å². The minimum Gasteiger partial charge on any atom is -0.497 e. The Morgan fingerprint density at radius 2 is 1.61 bits per heavy atom. The summed E-state index contributed by atoms with van der Waals surface area (Å²) in [6.07, 6.45) is 0.463. The topological polar surface area (TPSA) is 79.2 Å². The lowest BCUT2D eigenvalue weighted by atomic mass is 10.1. The summed E-state index contributed by atoms with van der Waals surface area (Å²) in [5, 5.41) is 2.83. The van der Waals surface area contributed by atoms with Crippen LogP contribution in [-0.4, -0.2) is 33.3 Å². The molecule has 1 N–H and O–H groups in total. The number of hydrogen-bond acceptors (Lipinski definition) is 6. The van der Waals surface area contributed by atoms with Crippen LogP contribution in [0, 0.1) is 0 Å². The standard InChI is InChI=1S/C24H27NO6/c1-5-29-21-10-7-17(15-23(21)30-6-2)25-24(26)22-12-9-19(31-22)14-16-13-18(27-3)8-11-20(16)28-4/h7-13,15H,5-6,14H2,1-4H3,(H,25,26). The summed E-state index contributed by atoms with van der Waals surface area (Å²) in [4.78, 5) is 12.7. The zero-order valence-corrected chi connectivity index (χ0v) is 18.2. The fourth-order valence-corrected chi connectivity index (χ4v) is 3.12. The van der Waals surface area contributed by atoms with Gasteiger partial charge < -0.3 is 28.7 Å². The SMILES string of the molecule is CCOc1ccc(NC(=O)c2ccc(Cc3cc(OC)ccc3OC)o2)cc1OCC. The number of hydrogen-bond donors (Lipinski definition) is 1. The van der Waals surface area contributed by atoms with E-state index in [0.29, 0.717) is 42.6 Å². The van der Waals surface area contributed by atoms with E-state index in [1.54, 1.807) is 44.6 Å². The van der Waals surface area contributed by atoms with Crippen molar-refractivity contribution in [2.24, 2.45) is 0 Å². The van der Waals surface area contributed by atoms with Crippen LogP contribution < -0.4 is 24.3 Å². The number of carbonyl (C=O) groups is 1. The number of amides is 1. The number of rotatable bonds is 10. The largest absolute Gasteiger partial charge is 0.497 e. The molecule has 1 aromatic heterocycles. The second-order valence-electron chi connectivity index (χ2n) is 6.60. The van der Waals surface area contributed by atoms with E-state index in [2.05, 4.69) is 5.32 Å². The molecule has 0 saturated carbocycles. The number of nitrogens with one attached hydrogen (secondary N) is 1. The third-order valence-corrected chi connectivity index (χ3v) is 4.54. The van der Waals surface area contributed by atoms with Gasteiger partial charge in [-0.1, -0.05) is 0 Å². The van der Waals surface area contributed by atoms with E-state index >= 15 is 0 Å². The summed E-state index contributed by atoms with van der Waals surface area (Å²) in [6.45, 7) is 4.81. The Morgan fingerprint density at radius 1 is 0.871 bits per heavy atom. The van der Waals surface area contributed by atoms with Crippen LogP contribution in [0.4, 0.5) is 5.69 Å². The Balaban J connectivity index is 1.73. The molecule has 2 aromatic carbocycles. The van der Waals surface area contributed by atoms with Gasteiger partial charge in [0.15, 0.2) is 17.3 Å². The zero-order valence-electron chi connectivity index (χ0n) is 18.2. The molecule has 0 spiro atoms. The number of methoxy groups -OCH3 is 2. The second-order valence-corrected chi connectivity index (χ2v) is 6.60. The molecule has 0 atom stereocenters. The molecule has 0 fully saturated rings. The minimum atomic E-state index is -0.351. The third kappa shape index (κ3) is 5.51. The molecule has 0 radical (unpaired) electrons. The molecule has 0 unspecified atom stereocenters. The fourth-order valence-electron chi connectivity index (χ4n) is 3.12. The number of furan rings is 1. The van der Waals surface area contributed by atoms with Gasteiger partial charge in [0, 0.05) is 23.7 Å². The summed E-state index contributed by atoms with van der Waals surface area (Å²) in [5.74, 6) is 3.15. The highest BCUT2D eigenvalue weighted by Crippen LogP contribution is 2.31. The smallest absolute Gasteiger partial charge is 0.291 e. The van der Waals surface area contributed by atoms with Gasteiger partial charge in [-0.05, 0) is 56.3 Å². The fraction of sp³-hybridized carbons (Fsp3) is 0.292. The Bertz CT molecular complexity index is 1030. The minimum absolute atomic E-state index is 0.212. The van der Waals surface area contributed by atoms with E-state index in [4.69, 9.17) is 23.4 Å². The number of carbonyl (C=O) groups excluding carboxylic acids is 1. The highest BCUT2D eigenvalue weighted by molar-refractivity contribution is 6.02. The maximum atomic E-state index is 12.7. The van der Waals surface area contributed by atoms with Gasteiger partial charge in [0.2, 0.25) is 0 Å². The molecule has 0 bridgehead atoms. The van der Waals surface area contributed by atoms with Crippen molar-refractivity contribution < 1.29 is 28.2 Å². The molecule has 3 aromatic rings. The van der Waals surface area contributed by atoms with E-state index < -0.39 is 0 Å². The summed E-state index contributed by atoms with van der Waals surface area (Å²) < 4.78 is 27.6. The Hall–Kier alpha value is -3.61. The van der Waals surface area contributed by atoms with Crippen molar-refractivity contribution in [1.29, 1.82) is 0 Å². The Morgan fingerprint density at radius 3 is 2.32 bits per heavy atom. The molecule has 7 heteroatoms. The van der Waals surface area contributed by atoms with E-state index in [1.165, 1.54) is 0 Å². The first-order chi connectivity index (χ1) is 15.1. The lowest BCUT2D eigenvalue weighted by Crippen LogP contribution is -2.11.